The minimum absolute atomic E-state index is 0.0613. The van der Waals surface area contributed by atoms with E-state index in [1.54, 1.807) is 24.3 Å². The van der Waals surface area contributed by atoms with Crippen LogP contribution < -0.4 is 9.47 Å². The number of nitrogens with zero attached hydrogens (tertiary/aromatic N) is 2. The van der Waals surface area contributed by atoms with Crippen molar-refractivity contribution in [2.24, 2.45) is 5.10 Å². The van der Waals surface area contributed by atoms with Crippen molar-refractivity contribution in [2.45, 2.75) is 18.7 Å². The predicted octanol–water partition coefficient (Wildman–Crippen LogP) is 6.80. The number of fused-ring (bicyclic) bond motifs is 3. The normalized spacial score (nSPS) is 18.2. The third-order valence-corrected chi connectivity index (χ3v) is 6.51. The van der Waals surface area contributed by atoms with E-state index in [1.807, 2.05) is 77.8 Å². The molecule has 172 valence electrons. The van der Waals surface area contributed by atoms with E-state index in [4.69, 9.17) is 26.2 Å². The van der Waals surface area contributed by atoms with E-state index in [2.05, 4.69) is 6.07 Å². The molecule has 5 nitrogen and oxygen atoms in total. The van der Waals surface area contributed by atoms with E-state index in [0.717, 1.165) is 34.6 Å². The van der Waals surface area contributed by atoms with Crippen LogP contribution >= 0.6 is 11.6 Å². The van der Waals surface area contributed by atoms with Crippen molar-refractivity contribution in [3.63, 3.8) is 0 Å². The standard InChI is InChI=1S/C29H21ClN2O3/c30-22-14-10-19(11-15-22)25-18-26-24-8-4-5-9-27(24)35-28(32(26)31-25)20-12-16-23(17-13-20)34-29(33)21-6-2-1-3-7-21/h1-17,26,28H,18H2/t26-,28+/m1/s1. The second kappa shape index (κ2) is 8.93. The molecular weight excluding hydrogens is 460 g/mol. The van der Waals surface area contributed by atoms with Crippen molar-refractivity contribution in [2.75, 3.05) is 0 Å². The van der Waals surface area contributed by atoms with Gasteiger partial charge < -0.3 is 9.47 Å². The van der Waals surface area contributed by atoms with Crippen LogP contribution in [0.15, 0.2) is 108 Å². The highest BCUT2D eigenvalue weighted by Crippen LogP contribution is 2.47. The van der Waals surface area contributed by atoms with Crippen LogP contribution in [-0.2, 0) is 0 Å². The fourth-order valence-electron chi connectivity index (χ4n) is 4.51. The van der Waals surface area contributed by atoms with Gasteiger partial charge >= 0.3 is 5.97 Å². The Morgan fingerprint density at radius 2 is 1.60 bits per heavy atom. The van der Waals surface area contributed by atoms with Crippen LogP contribution in [0.1, 0.15) is 45.7 Å². The van der Waals surface area contributed by atoms with Crippen LogP contribution in [0.4, 0.5) is 0 Å². The highest BCUT2D eigenvalue weighted by atomic mass is 35.5. The number of halogens is 1. The summed E-state index contributed by atoms with van der Waals surface area (Å²) in [5.74, 6) is 0.936. The molecule has 0 saturated heterocycles. The quantitative estimate of drug-likeness (QED) is 0.238. The van der Waals surface area contributed by atoms with Crippen molar-refractivity contribution < 1.29 is 14.3 Å². The third kappa shape index (κ3) is 4.15. The lowest BCUT2D eigenvalue weighted by Gasteiger charge is -2.38. The minimum atomic E-state index is -0.404. The lowest BCUT2D eigenvalue weighted by molar-refractivity contribution is -0.0190. The van der Waals surface area contributed by atoms with Crippen LogP contribution in [0.5, 0.6) is 11.5 Å². The van der Waals surface area contributed by atoms with Gasteiger partial charge in [-0.05, 0) is 60.2 Å². The van der Waals surface area contributed by atoms with Crippen LogP contribution in [-0.4, -0.2) is 16.7 Å². The maximum absolute atomic E-state index is 12.4. The summed E-state index contributed by atoms with van der Waals surface area (Å²) >= 11 is 6.09. The van der Waals surface area contributed by atoms with Gasteiger partial charge in [-0.1, -0.05) is 60.1 Å². The number of para-hydroxylation sites is 1. The summed E-state index contributed by atoms with van der Waals surface area (Å²) in [5.41, 5.74) is 4.58. The van der Waals surface area contributed by atoms with Gasteiger partial charge in [0.05, 0.1) is 17.3 Å². The summed E-state index contributed by atoms with van der Waals surface area (Å²) in [4.78, 5) is 12.4. The van der Waals surface area contributed by atoms with Gasteiger partial charge in [0.15, 0.2) is 0 Å². The largest absolute Gasteiger partial charge is 0.464 e. The number of carbonyl (C=O) groups is 1. The molecule has 6 heteroatoms. The van der Waals surface area contributed by atoms with E-state index in [0.29, 0.717) is 16.3 Å². The molecule has 0 fully saturated rings. The molecule has 0 radical (unpaired) electrons. The van der Waals surface area contributed by atoms with Crippen LogP contribution in [0.3, 0.4) is 0 Å². The Kier molecular flexibility index (Phi) is 5.47. The molecule has 2 aliphatic heterocycles. The Balaban J connectivity index is 1.29. The highest BCUT2D eigenvalue weighted by molar-refractivity contribution is 6.30. The molecule has 0 amide bonds. The molecule has 2 heterocycles. The molecule has 0 spiro atoms. The molecule has 0 N–H and O–H groups in total. The predicted molar refractivity (Wildman–Crippen MR) is 135 cm³/mol. The van der Waals surface area contributed by atoms with E-state index in [1.165, 1.54) is 0 Å². The Morgan fingerprint density at radius 3 is 2.37 bits per heavy atom. The summed E-state index contributed by atoms with van der Waals surface area (Å²) in [6.07, 6.45) is 0.365. The number of hydrogen-bond acceptors (Lipinski definition) is 5. The van der Waals surface area contributed by atoms with Gasteiger partial charge in [-0.3, -0.25) is 0 Å². The molecule has 0 unspecified atom stereocenters. The molecular formula is C29H21ClN2O3. The average Bonchev–Trinajstić information content (AvgIpc) is 3.35. The molecule has 4 aromatic carbocycles. The van der Waals surface area contributed by atoms with Gasteiger partial charge in [0, 0.05) is 22.6 Å². The number of rotatable bonds is 4. The number of esters is 1. The number of hydrogen-bond donors (Lipinski definition) is 0. The van der Waals surface area contributed by atoms with Crippen molar-refractivity contribution in [1.29, 1.82) is 0 Å². The first-order chi connectivity index (χ1) is 17.2. The second-order valence-electron chi connectivity index (χ2n) is 8.49. The van der Waals surface area contributed by atoms with E-state index < -0.39 is 12.2 Å². The molecule has 2 atom stereocenters. The molecule has 35 heavy (non-hydrogen) atoms. The van der Waals surface area contributed by atoms with Gasteiger partial charge in [0.25, 0.3) is 0 Å². The molecule has 0 aliphatic carbocycles. The molecule has 2 aliphatic rings. The molecule has 6 rings (SSSR count). The van der Waals surface area contributed by atoms with Crippen LogP contribution in [0.25, 0.3) is 0 Å². The molecule has 0 aromatic heterocycles. The summed E-state index contributed by atoms with van der Waals surface area (Å²) in [5, 5.41) is 7.70. The maximum Gasteiger partial charge on any atom is 0.343 e. The van der Waals surface area contributed by atoms with Crippen LogP contribution in [0, 0.1) is 0 Å². The number of carbonyl (C=O) groups excluding carboxylic acids is 1. The van der Waals surface area contributed by atoms with Gasteiger partial charge in [0.2, 0.25) is 6.23 Å². The monoisotopic (exact) mass is 480 g/mol. The van der Waals surface area contributed by atoms with Gasteiger partial charge in [0.1, 0.15) is 11.5 Å². The zero-order valence-corrected chi connectivity index (χ0v) is 19.4. The number of hydrazone groups is 1. The van der Waals surface area contributed by atoms with Gasteiger partial charge in [-0.2, -0.15) is 5.10 Å². The zero-order valence-electron chi connectivity index (χ0n) is 18.7. The third-order valence-electron chi connectivity index (χ3n) is 6.26. The lowest BCUT2D eigenvalue weighted by atomic mass is 9.96. The summed E-state index contributed by atoms with van der Waals surface area (Å²) in [6, 6.07) is 32.3. The first-order valence-corrected chi connectivity index (χ1v) is 11.8. The van der Waals surface area contributed by atoms with Crippen molar-refractivity contribution in [3.8, 4) is 11.5 Å². The lowest BCUT2D eigenvalue weighted by Crippen LogP contribution is -2.33. The Labute approximate surface area is 208 Å². The smallest absolute Gasteiger partial charge is 0.343 e. The average molecular weight is 481 g/mol. The summed E-state index contributed by atoms with van der Waals surface area (Å²) in [7, 11) is 0. The fourth-order valence-corrected chi connectivity index (χ4v) is 4.64. The SMILES string of the molecule is O=C(Oc1ccc([C@@H]2Oc3ccccc3[C@H]3CC(c4ccc(Cl)cc4)=NN32)cc1)c1ccccc1. The number of benzene rings is 4. The van der Waals surface area contributed by atoms with E-state index in [-0.39, 0.29) is 6.04 Å². The fraction of sp³-hybridized carbons (Fsp3) is 0.103. The van der Waals surface area contributed by atoms with Crippen molar-refractivity contribution in [1.82, 2.24) is 5.01 Å². The number of ether oxygens (including phenoxy) is 2. The highest BCUT2D eigenvalue weighted by Gasteiger charge is 2.40. The maximum atomic E-state index is 12.4. The Bertz CT molecular complexity index is 1400. The topological polar surface area (TPSA) is 51.1 Å². The minimum Gasteiger partial charge on any atom is -0.464 e. The molecule has 0 bridgehead atoms. The van der Waals surface area contributed by atoms with Crippen molar-refractivity contribution in [3.05, 3.63) is 130 Å². The Morgan fingerprint density at radius 1 is 0.886 bits per heavy atom. The van der Waals surface area contributed by atoms with E-state index in [9.17, 15) is 4.79 Å². The van der Waals surface area contributed by atoms with Crippen LogP contribution in [0.2, 0.25) is 5.02 Å². The zero-order chi connectivity index (χ0) is 23.8. The summed E-state index contributed by atoms with van der Waals surface area (Å²) in [6.45, 7) is 0. The van der Waals surface area contributed by atoms with Gasteiger partial charge in [-0.15, -0.1) is 0 Å². The van der Waals surface area contributed by atoms with Crippen molar-refractivity contribution >= 4 is 23.3 Å². The van der Waals surface area contributed by atoms with E-state index >= 15 is 0 Å². The Hall–Kier alpha value is -4.09. The first-order valence-electron chi connectivity index (χ1n) is 11.4. The first kappa shape index (κ1) is 21.4. The summed E-state index contributed by atoms with van der Waals surface area (Å²) < 4.78 is 12.0. The second-order valence-corrected chi connectivity index (χ2v) is 8.92. The van der Waals surface area contributed by atoms with Gasteiger partial charge in [-0.25, -0.2) is 9.80 Å². The molecule has 4 aromatic rings. The molecule has 0 saturated carbocycles.